The van der Waals surface area contributed by atoms with Gasteiger partial charge in [0.25, 0.3) is 5.91 Å². The Balaban J connectivity index is 2.06. The van der Waals surface area contributed by atoms with Crippen molar-refractivity contribution in [1.29, 1.82) is 0 Å². The molecule has 0 atom stereocenters. The van der Waals surface area contributed by atoms with E-state index in [1.165, 1.54) is 39.7 Å². The quantitative estimate of drug-likeness (QED) is 0.479. The average molecular weight is 386 g/mol. The van der Waals surface area contributed by atoms with Crippen LogP contribution >= 0.6 is 0 Å². The number of carbonyl (C=O) groups excluding carboxylic acids is 2. The van der Waals surface area contributed by atoms with E-state index in [9.17, 15) is 14.7 Å². The summed E-state index contributed by atoms with van der Waals surface area (Å²) in [5.74, 6) is -1.04. The maximum Gasteiger partial charge on any atom is 0.259 e. The van der Waals surface area contributed by atoms with E-state index in [4.69, 9.17) is 14.2 Å². The zero-order valence-corrected chi connectivity index (χ0v) is 15.6. The number of hydrogen-bond acceptors (Lipinski definition) is 8. The van der Waals surface area contributed by atoms with Gasteiger partial charge in [0.1, 0.15) is 5.75 Å². The van der Waals surface area contributed by atoms with E-state index in [2.05, 4.69) is 15.8 Å². The van der Waals surface area contributed by atoms with E-state index in [1.807, 2.05) is 6.07 Å². The Kier molecular flexibility index (Phi) is 7.21. The zero-order valence-electron chi connectivity index (χ0n) is 15.6. The maximum atomic E-state index is 11.9. The van der Waals surface area contributed by atoms with Crippen LogP contribution in [0.4, 0.5) is 5.69 Å². The Morgan fingerprint density at radius 2 is 1.75 bits per heavy atom. The van der Waals surface area contributed by atoms with Crippen molar-refractivity contribution in [2.75, 3.05) is 33.2 Å². The minimum Gasteiger partial charge on any atom is -0.545 e. The molecule has 2 N–H and O–H groups in total. The fourth-order valence-corrected chi connectivity index (χ4v) is 2.44. The highest BCUT2D eigenvalue weighted by molar-refractivity contribution is 6.01. The van der Waals surface area contributed by atoms with Gasteiger partial charge in [0, 0.05) is 5.56 Å². The molecule has 0 aromatic heterocycles. The number of carboxylic acids is 1. The number of aromatic carboxylic acids is 1. The predicted octanol–water partition coefficient (Wildman–Crippen LogP) is 0.638. The summed E-state index contributed by atoms with van der Waals surface area (Å²) < 4.78 is 15.3. The van der Waals surface area contributed by atoms with Crippen LogP contribution in [0.3, 0.4) is 0 Å². The lowest BCUT2D eigenvalue weighted by molar-refractivity contribution is -0.255. The van der Waals surface area contributed by atoms with Crippen molar-refractivity contribution in [1.82, 2.24) is 5.43 Å². The van der Waals surface area contributed by atoms with Crippen LogP contribution in [0, 0.1) is 0 Å². The molecule has 9 nitrogen and oxygen atoms in total. The number of nitrogens with zero attached hydrogens (tertiary/aromatic N) is 1. The van der Waals surface area contributed by atoms with E-state index in [-0.39, 0.29) is 29.2 Å². The highest BCUT2D eigenvalue weighted by atomic mass is 16.5. The number of methoxy groups -OCH3 is 3. The standard InChI is InChI=1S/C19H21N3O6/c1-26-14-7-5-4-6-13(14)20-11-16(23)22-21-10-12-8-9-15(27-2)18(28-3)17(12)19(24)25/h4-10,20H,11H2,1-3H3,(H,22,23)(H,24,25)/p-1/b21-10-. The zero-order chi connectivity index (χ0) is 20.5. The summed E-state index contributed by atoms with van der Waals surface area (Å²) >= 11 is 0. The van der Waals surface area contributed by atoms with Crippen LogP contribution in [0.15, 0.2) is 41.5 Å². The first-order chi connectivity index (χ1) is 13.5. The largest absolute Gasteiger partial charge is 0.545 e. The number of para-hydroxylation sites is 2. The fourth-order valence-electron chi connectivity index (χ4n) is 2.44. The van der Waals surface area contributed by atoms with Crippen LogP contribution in [-0.2, 0) is 4.79 Å². The Morgan fingerprint density at radius 3 is 2.39 bits per heavy atom. The van der Waals surface area contributed by atoms with Gasteiger partial charge in [-0.05, 0) is 24.3 Å². The lowest BCUT2D eigenvalue weighted by atomic mass is 10.1. The van der Waals surface area contributed by atoms with Gasteiger partial charge in [-0.1, -0.05) is 12.1 Å². The van der Waals surface area contributed by atoms with Crippen molar-refractivity contribution in [3.63, 3.8) is 0 Å². The van der Waals surface area contributed by atoms with E-state index >= 15 is 0 Å². The van der Waals surface area contributed by atoms with Crippen molar-refractivity contribution >= 4 is 23.8 Å². The number of hydrazone groups is 1. The molecule has 0 aliphatic heterocycles. The molecule has 2 aromatic carbocycles. The molecule has 148 valence electrons. The average Bonchev–Trinajstić information content (AvgIpc) is 2.71. The van der Waals surface area contributed by atoms with Crippen LogP contribution in [0.25, 0.3) is 0 Å². The molecule has 0 heterocycles. The SMILES string of the molecule is COc1ccccc1NCC(=O)N/N=C\c1ccc(OC)c(OC)c1C(=O)[O-]. The Morgan fingerprint density at radius 1 is 1.04 bits per heavy atom. The van der Waals surface area contributed by atoms with Gasteiger partial charge in [0.15, 0.2) is 11.5 Å². The number of amides is 1. The molecule has 0 saturated heterocycles. The number of benzene rings is 2. The molecule has 28 heavy (non-hydrogen) atoms. The van der Waals surface area contributed by atoms with Crippen LogP contribution in [-0.4, -0.2) is 46.0 Å². The van der Waals surface area contributed by atoms with Crippen LogP contribution in [0.1, 0.15) is 15.9 Å². The highest BCUT2D eigenvalue weighted by Gasteiger charge is 2.15. The molecule has 0 aliphatic rings. The highest BCUT2D eigenvalue weighted by Crippen LogP contribution is 2.32. The molecule has 0 unspecified atom stereocenters. The van der Waals surface area contributed by atoms with E-state index in [0.717, 1.165) is 0 Å². The number of ether oxygens (including phenoxy) is 3. The molecule has 0 aliphatic carbocycles. The van der Waals surface area contributed by atoms with Gasteiger partial charge in [0.05, 0.1) is 51.3 Å². The molecule has 1 amide bonds. The summed E-state index contributed by atoms with van der Waals surface area (Å²) in [6.07, 6.45) is 1.19. The van der Waals surface area contributed by atoms with E-state index in [1.54, 1.807) is 18.2 Å². The minimum absolute atomic E-state index is 0.00983. The van der Waals surface area contributed by atoms with Gasteiger partial charge in [0.2, 0.25) is 0 Å². The van der Waals surface area contributed by atoms with E-state index in [0.29, 0.717) is 11.4 Å². The summed E-state index contributed by atoms with van der Waals surface area (Å²) in [6.45, 7) is -0.0585. The number of nitrogens with one attached hydrogen (secondary N) is 2. The summed E-state index contributed by atoms with van der Waals surface area (Å²) in [7, 11) is 4.24. The smallest absolute Gasteiger partial charge is 0.259 e. The Hall–Kier alpha value is -3.75. The first kappa shape index (κ1) is 20.6. The molecule has 9 heteroatoms. The third kappa shape index (κ3) is 4.91. The Labute approximate surface area is 161 Å². The maximum absolute atomic E-state index is 11.9. The molecule has 0 spiro atoms. The molecule has 0 radical (unpaired) electrons. The van der Waals surface area contributed by atoms with Crippen LogP contribution < -0.4 is 30.1 Å². The normalized spacial score (nSPS) is 10.4. The lowest BCUT2D eigenvalue weighted by Gasteiger charge is -2.15. The molecule has 0 bridgehead atoms. The monoisotopic (exact) mass is 386 g/mol. The molecule has 2 aromatic rings. The van der Waals surface area contributed by atoms with Crippen molar-refractivity contribution in [2.45, 2.75) is 0 Å². The first-order valence-corrected chi connectivity index (χ1v) is 8.17. The number of rotatable bonds is 9. The van der Waals surface area contributed by atoms with Gasteiger partial charge < -0.3 is 29.4 Å². The fraction of sp³-hybridized carbons (Fsp3) is 0.211. The number of carbonyl (C=O) groups is 2. The van der Waals surface area contributed by atoms with Crippen LogP contribution in [0.5, 0.6) is 17.2 Å². The molecular formula is C19H20N3O6-. The van der Waals surface area contributed by atoms with Crippen LogP contribution in [0.2, 0.25) is 0 Å². The molecular weight excluding hydrogens is 366 g/mol. The number of carboxylic acid groups (broad SMARTS) is 1. The second-order valence-corrected chi connectivity index (χ2v) is 5.40. The molecule has 0 fully saturated rings. The van der Waals surface area contributed by atoms with Crippen molar-refractivity contribution in [3.8, 4) is 17.2 Å². The van der Waals surface area contributed by atoms with Gasteiger partial charge >= 0.3 is 0 Å². The number of hydrogen-bond donors (Lipinski definition) is 2. The first-order valence-electron chi connectivity index (χ1n) is 8.17. The summed E-state index contributed by atoms with van der Waals surface area (Å²) in [5.41, 5.74) is 2.93. The number of anilines is 1. The van der Waals surface area contributed by atoms with Gasteiger partial charge in [-0.15, -0.1) is 0 Å². The summed E-state index contributed by atoms with van der Waals surface area (Å²) in [4.78, 5) is 23.4. The van der Waals surface area contributed by atoms with Crippen molar-refractivity contribution in [3.05, 3.63) is 47.5 Å². The van der Waals surface area contributed by atoms with Gasteiger partial charge in [-0.3, -0.25) is 4.79 Å². The van der Waals surface area contributed by atoms with Crippen molar-refractivity contribution < 1.29 is 28.9 Å². The van der Waals surface area contributed by atoms with E-state index < -0.39 is 11.9 Å². The lowest BCUT2D eigenvalue weighted by Crippen LogP contribution is -2.27. The summed E-state index contributed by atoms with van der Waals surface area (Å²) in [5, 5.41) is 18.2. The predicted molar refractivity (Wildman–Crippen MR) is 101 cm³/mol. The van der Waals surface area contributed by atoms with Gasteiger partial charge in [-0.25, -0.2) is 5.43 Å². The third-order valence-electron chi connectivity index (χ3n) is 3.72. The van der Waals surface area contributed by atoms with Crippen molar-refractivity contribution in [2.24, 2.45) is 5.10 Å². The molecule has 0 saturated carbocycles. The minimum atomic E-state index is -1.46. The third-order valence-corrected chi connectivity index (χ3v) is 3.72. The second-order valence-electron chi connectivity index (χ2n) is 5.40. The molecule has 2 rings (SSSR count). The van der Waals surface area contributed by atoms with Gasteiger partial charge in [-0.2, -0.15) is 5.10 Å². The topological polar surface area (TPSA) is 121 Å². The Bertz CT molecular complexity index is 882. The summed E-state index contributed by atoms with van der Waals surface area (Å²) in [6, 6.07) is 10.1. The second kappa shape index (κ2) is 9.81.